The first-order chi connectivity index (χ1) is 9.47. The summed E-state index contributed by atoms with van der Waals surface area (Å²) in [4.78, 5) is 10.8. The lowest BCUT2D eigenvalue weighted by Gasteiger charge is -2.09. The zero-order valence-electron chi connectivity index (χ0n) is 10.2. The van der Waals surface area contributed by atoms with Crippen molar-refractivity contribution < 1.29 is 14.3 Å². The highest BCUT2D eigenvalue weighted by Gasteiger charge is 2.08. The Morgan fingerprint density at radius 3 is 2.55 bits per heavy atom. The molecule has 2 N–H and O–H groups in total. The second kappa shape index (κ2) is 6.11. The zero-order chi connectivity index (χ0) is 14.7. The van der Waals surface area contributed by atoms with E-state index in [0.717, 1.165) is 6.07 Å². The third kappa shape index (κ3) is 3.40. The van der Waals surface area contributed by atoms with Gasteiger partial charge in [0.1, 0.15) is 5.82 Å². The van der Waals surface area contributed by atoms with Crippen molar-refractivity contribution in [3.63, 3.8) is 0 Å². The number of nitrogens with one attached hydrogen (secondary N) is 1. The van der Waals surface area contributed by atoms with Crippen LogP contribution in [0.3, 0.4) is 0 Å². The molecule has 0 saturated heterocycles. The Morgan fingerprint density at radius 1 is 1.15 bits per heavy atom. The van der Waals surface area contributed by atoms with E-state index in [2.05, 4.69) is 5.32 Å². The summed E-state index contributed by atoms with van der Waals surface area (Å²) in [6, 6.07) is 8.59. The first-order valence-corrected chi connectivity index (χ1v) is 6.43. The van der Waals surface area contributed by atoms with Gasteiger partial charge in [-0.05, 0) is 36.4 Å². The van der Waals surface area contributed by atoms with Gasteiger partial charge in [0.15, 0.2) is 0 Å². The molecule has 0 fully saturated rings. The lowest BCUT2D eigenvalue weighted by molar-refractivity contribution is 0.0696. The van der Waals surface area contributed by atoms with Crippen LogP contribution in [0, 0.1) is 5.82 Å². The minimum absolute atomic E-state index is 0.0392. The number of benzene rings is 2. The van der Waals surface area contributed by atoms with Crippen molar-refractivity contribution in [2.24, 2.45) is 0 Å². The van der Waals surface area contributed by atoms with E-state index in [1.165, 1.54) is 12.1 Å². The summed E-state index contributed by atoms with van der Waals surface area (Å²) >= 11 is 11.7. The number of carbonyl (C=O) groups is 1. The summed E-state index contributed by atoms with van der Waals surface area (Å²) in [5, 5.41) is 12.6. The largest absolute Gasteiger partial charge is 0.478 e. The number of hydrogen-bond donors (Lipinski definition) is 2. The number of rotatable bonds is 4. The molecule has 0 spiro atoms. The molecule has 0 aliphatic heterocycles. The van der Waals surface area contributed by atoms with E-state index in [4.69, 9.17) is 28.3 Å². The van der Waals surface area contributed by atoms with Gasteiger partial charge in [-0.3, -0.25) is 0 Å². The van der Waals surface area contributed by atoms with E-state index in [9.17, 15) is 9.18 Å². The van der Waals surface area contributed by atoms with Gasteiger partial charge < -0.3 is 10.4 Å². The number of aromatic carboxylic acids is 1. The number of halogens is 3. The monoisotopic (exact) mass is 313 g/mol. The molecular weight excluding hydrogens is 304 g/mol. The van der Waals surface area contributed by atoms with Gasteiger partial charge in [-0.15, -0.1) is 0 Å². The summed E-state index contributed by atoms with van der Waals surface area (Å²) < 4.78 is 13.6. The normalized spacial score (nSPS) is 10.3. The maximum absolute atomic E-state index is 13.6. The van der Waals surface area contributed by atoms with Crippen molar-refractivity contribution in [2.45, 2.75) is 6.54 Å². The maximum Gasteiger partial charge on any atom is 0.335 e. The van der Waals surface area contributed by atoms with E-state index in [1.54, 1.807) is 18.2 Å². The smallest absolute Gasteiger partial charge is 0.335 e. The third-order valence-corrected chi connectivity index (χ3v) is 3.43. The molecular formula is C14H10Cl2FNO2. The molecule has 2 rings (SSSR count). The van der Waals surface area contributed by atoms with Crippen LogP contribution in [0.2, 0.25) is 10.0 Å². The van der Waals surface area contributed by atoms with Crippen LogP contribution in [0.25, 0.3) is 0 Å². The van der Waals surface area contributed by atoms with Crippen LogP contribution >= 0.6 is 23.2 Å². The fraction of sp³-hybridized carbons (Fsp3) is 0.0714. The van der Waals surface area contributed by atoms with Gasteiger partial charge in [0.2, 0.25) is 0 Å². The van der Waals surface area contributed by atoms with Crippen LogP contribution in [0.5, 0.6) is 0 Å². The number of hydrogen-bond acceptors (Lipinski definition) is 2. The van der Waals surface area contributed by atoms with E-state index < -0.39 is 11.8 Å². The Balaban J connectivity index is 2.15. The van der Waals surface area contributed by atoms with Crippen LogP contribution < -0.4 is 5.32 Å². The van der Waals surface area contributed by atoms with E-state index in [1.807, 2.05) is 0 Å². The topological polar surface area (TPSA) is 49.3 Å². The number of anilines is 1. The lowest BCUT2D eigenvalue weighted by Crippen LogP contribution is -2.05. The van der Waals surface area contributed by atoms with Crippen molar-refractivity contribution in [3.05, 3.63) is 63.4 Å². The van der Waals surface area contributed by atoms with Gasteiger partial charge in [0.05, 0.1) is 15.6 Å². The quantitative estimate of drug-likeness (QED) is 0.877. The van der Waals surface area contributed by atoms with Crippen LogP contribution in [0.4, 0.5) is 10.1 Å². The minimum atomic E-state index is -1.10. The van der Waals surface area contributed by atoms with Gasteiger partial charge in [-0.25, -0.2) is 9.18 Å². The Bertz CT molecular complexity index is 662. The molecule has 2 aromatic carbocycles. The van der Waals surface area contributed by atoms with Crippen molar-refractivity contribution in [1.29, 1.82) is 0 Å². The molecule has 0 aliphatic carbocycles. The van der Waals surface area contributed by atoms with Crippen LogP contribution in [-0.2, 0) is 6.54 Å². The highest BCUT2D eigenvalue weighted by molar-refractivity contribution is 6.42. The molecule has 0 saturated carbocycles. The van der Waals surface area contributed by atoms with Gasteiger partial charge in [0, 0.05) is 17.8 Å². The third-order valence-electron chi connectivity index (χ3n) is 2.70. The van der Waals surface area contributed by atoms with E-state index >= 15 is 0 Å². The Labute approximate surface area is 124 Å². The maximum atomic E-state index is 13.6. The molecule has 2 aromatic rings. The molecule has 20 heavy (non-hydrogen) atoms. The fourth-order valence-electron chi connectivity index (χ4n) is 1.65. The Morgan fingerprint density at radius 2 is 1.90 bits per heavy atom. The second-order valence-corrected chi connectivity index (χ2v) is 4.91. The Hall–Kier alpha value is -1.78. The van der Waals surface area contributed by atoms with Crippen molar-refractivity contribution in [3.8, 4) is 0 Å². The van der Waals surface area contributed by atoms with E-state index in [0.29, 0.717) is 15.7 Å². The molecule has 104 valence electrons. The Kier molecular flexibility index (Phi) is 4.47. The predicted molar refractivity (Wildman–Crippen MR) is 77.1 cm³/mol. The van der Waals surface area contributed by atoms with Crippen molar-refractivity contribution >= 4 is 34.9 Å². The summed E-state index contributed by atoms with van der Waals surface area (Å²) in [7, 11) is 0. The first kappa shape index (κ1) is 14.6. The molecule has 0 aromatic heterocycles. The molecule has 0 bridgehead atoms. The average Bonchev–Trinajstić information content (AvgIpc) is 2.41. The van der Waals surface area contributed by atoms with Crippen LogP contribution in [0.15, 0.2) is 36.4 Å². The molecule has 0 radical (unpaired) electrons. The van der Waals surface area contributed by atoms with Gasteiger partial charge in [0.25, 0.3) is 0 Å². The molecule has 0 amide bonds. The minimum Gasteiger partial charge on any atom is -0.478 e. The lowest BCUT2D eigenvalue weighted by atomic mass is 10.1. The standard InChI is InChI=1S/C14H10Cl2FNO2/c15-11-3-2-10(6-12(11)16)18-7-9-5-8(14(19)20)1-4-13(9)17/h1-6,18H,7H2,(H,19,20). The highest BCUT2D eigenvalue weighted by Crippen LogP contribution is 2.25. The van der Waals surface area contributed by atoms with Crippen LogP contribution in [-0.4, -0.2) is 11.1 Å². The predicted octanol–water partition coefficient (Wildman–Crippen LogP) is 4.44. The SMILES string of the molecule is O=C(O)c1ccc(F)c(CNc2ccc(Cl)c(Cl)c2)c1. The van der Waals surface area contributed by atoms with Crippen LogP contribution in [0.1, 0.15) is 15.9 Å². The average molecular weight is 314 g/mol. The molecule has 3 nitrogen and oxygen atoms in total. The zero-order valence-corrected chi connectivity index (χ0v) is 11.7. The summed E-state index contributed by atoms with van der Waals surface area (Å²) in [6.45, 7) is 0.144. The molecule has 0 unspecified atom stereocenters. The van der Waals surface area contributed by atoms with E-state index in [-0.39, 0.29) is 17.7 Å². The molecule has 6 heteroatoms. The summed E-state index contributed by atoms with van der Waals surface area (Å²) in [5.41, 5.74) is 0.966. The molecule has 0 aliphatic rings. The van der Waals surface area contributed by atoms with Crippen molar-refractivity contribution in [1.82, 2.24) is 0 Å². The number of carboxylic acids is 1. The number of carboxylic acid groups (broad SMARTS) is 1. The van der Waals surface area contributed by atoms with Gasteiger partial charge >= 0.3 is 5.97 Å². The fourth-order valence-corrected chi connectivity index (χ4v) is 1.94. The highest BCUT2D eigenvalue weighted by atomic mass is 35.5. The second-order valence-electron chi connectivity index (χ2n) is 4.09. The first-order valence-electron chi connectivity index (χ1n) is 5.68. The summed E-state index contributed by atoms with van der Waals surface area (Å²) in [5.74, 6) is -1.57. The van der Waals surface area contributed by atoms with Crippen molar-refractivity contribution in [2.75, 3.05) is 5.32 Å². The molecule has 0 heterocycles. The van der Waals surface area contributed by atoms with Gasteiger partial charge in [-0.1, -0.05) is 23.2 Å². The summed E-state index contributed by atoms with van der Waals surface area (Å²) in [6.07, 6.45) is 0. The molecule has 0 atom stereocenters. The van der Waals surface area contributed by atoms with Gasteiger partial charge in [-0.2, -0.15) is 0 Å².